The van der Waals surface area contributed by atoms with E-state index in [9.17, 15) is 9.00 Å². The van der Waals surface area contributed by atoms with Gasteiger partial charge in [0, 0.05) is 44.5 Å². The molecule has 0 aliphatic carbocycles. The Labute approximate surface area is 360 Å². The topological polar surface area (TPSA) is 126 Å². The van der Waals surface area contributed by atoms with Crippen LogP contribution in [0.15, 0.2) is 35.2 Å². The smallest absolute Gasteiger partial charge is 0.316 e. The van der Waals surface area contributed by atoms with E-state index in [0.29, 0.717) is 44.5 Å². The van der Waals surface area contributed by atoms with Crippen molar-refractivity contribution in [2.24, 2.45) is 0 Å². The molecule has 0 radical (unpaired) electrons. The second-order valence-electron chi connectivity index (χ2n) is 15.0. The van der Waals surface area contributed by atoms with Crippen molar-refractivity contribution in [2.45, 2.75) is 184 Å². The molecule has 2 heterocycles. The molecule has 336 valence electrons. The molecule has 12 nitrogen and oxygen atoms in total. The average molecular weight is 908 g/mol. The van der Waals surface area contributed by atoms with Crippen LogP contribution in [0, 0.1) is 0 Å². The van der Waals surface area contributed by atoms with Crippen molar-refractivity contribution in [3.05, 3.63) is 30.3 Å². The van der Waals surface area contributed by atoms with Crippen molar-refractivity contribution in [1.82, 2.24) is 0 Å². The molecule has 0 aromatic heterocycles. The first-order chi connectivity index (χ1) is 28.4. The molecular formula is C44H75BrO12S. The van der Waals surface area contributed by atoms with Gasteiger partial charge in [0.05, 0.1) is 17.4 Å². The van der Waals surface area contributed by atoms with Crippen LogP contribution >= 0.6 is 15.9 Å². The Morgan fingerprint density at radius 2 is 0.966 bits per heavy atom. The van der Waals surface area contributed by atoms with Gasteiger partial charge in [-0.1, -0.05) is 114 Å². The Balaban J connectivity index is 2.06. The second-order valence-corrected chi connectivity index (χ2v) is 17.1. The van der Waals surface area contributed by atoms with Crippen LogP contribution in [0.4, 0.5) is 0 Å². The Hall–Kier alpha value is -1.04. The summed E-state index contributed by atoms with van der Waals surface area (Å²) in [5.74, 6) is -0.414. The first-order valence-corrected chi connectivity index (χ1v) is 24.5. The Morgan fingerprint density at radius 3 is 1.43 bits per heavy atom. The third-order valence-electron chi connectivity index (χ3n) is 10.2. The van der Waals surface area contributed by atoms with E-state index in [1.165, 1.54) is 0 Å². The Morgan fingerprint density at radius 1 is 0.552 bits per heavy atom. The van der Waals surface area contributed by atoms with Crippen molar-refractivity contribution in [1.29, 1.82) is 0 Å². The maximum absolute atomic E-state index is 14.5. The summed E-state index contributed by atoms with van der Waals surface area (Å²) in [4.78, 5) is 13.0. The average Bonchev–Trinajstić information content (AvgIpc) is 3.24. The molecule has 2 saturated heterocycles. The fourth-order valence-corrected chi connectivity index (χ4v) is 8.32. The Kier molecular flexibility index (Phi) is 27.3. The molecule has 2 aliphatic rings. The number of ether oxygens (including phenoxy) is 10. The van der Waals surface area contributed by atoms with E-state index in [-0.39, 0.29) is 18.5 Å². The molecular weight excluding hydrogens is 832 g/mol. The van der Waals surface area contributed by atoms with Crippen molar-refractivity contribution < 1.29 is 56.4 Å². The minimum atomic E-state index is -1.61. The summed E-state index contributed by atoms with van der Waals surface area (Å²) in [5.41, 5.74) is -0.868. The summed E-state index contributed by atoms with van der Waals surface area (Å²) >= 11 is 3.21. The highest BCUT2D eigenvalue weighted by Crippen LogP contribution is 2.35. The number of esters is 1. The van der Waals surface area contributed by atoms with Gasteiger partial charge in [-0.2, -0.15) is 0 Å². The van der Waals surface area contributed by atoms with E-state index in [4.69, 9.17) is 47.4 Å². The standard InChI is InChI=1S/C44H75BrO12S/c1-7-13-24-48-37-34(31-54-36(46)30-45)56-43(41(52-28-17-11-5)39(37)50-26-15-9-3)55-32-35-38(49-25-14-8-2)40(51-27-16-10-4)42(53-29-18-12-6)44(57-35)58(47)33-22-20-19-21-23-33/h19-23,34-35,37-44H,7-18,24-32H2,1-6H3/t34?,35?,37-,38-,39?,40?,41?,42?,43-,44+,58?/m1/s1. The highest BCUT2D eigenvalue weighted by molar-refractivity contribution is 9.09. The van der Waals surface area contributed by atoms with Crippen LogP contribution in [0.5, 0.6) is 0 Å². The first-order valence-electron chi connectivity index (χ1n) is 22.2. The molecule has 1 aromatic carbocycles. The fourth-order valence-electron chi connectivity index (χ4n) is 6.74. The molecule has 11 atom stereocenters. The summed E-state index contributed by atoms with van der Waals surface area (Å²) in [6.07, 6.45) is 4.73. The molecule has 0 N–H and O–H groups in total. The van der Waals surface area contributed by atoms with Crippen molar-refractivity contribution in [3.63, 3.8) is 0 Å². The molecule has 0 spiro atoms. The molecule has 58 heavy (non-hydrogen) atoms. The molecule has 0 bridgehead atoms. The predicted molar refractivity (Wildman–Crippen MR) is 229 cm³/mol. The van der Waals surface area contributed by atoms with Crippen LogP contribution in [0.3, 0.4) is 0 Å². The molecule has 3 rings (SSSR count). The summed E-state index contributed by atoms with van der Waals surface area (Å²) < 4.78 is 80.1. The summed E-state index contributed by atoms with van der Waals surface area (Å²) in [6.45, 7) is 15.5. The van der Waals surface area contributed by atoms with Gasteiger partial charge in [0.2, 0.25) is 0 Å². The largest absolute Gasteiger partial charge is 0.462 e. The lowest BCUT2D eigenvalue weighted by Gasteiger charge is -2.48. The van der Waals surface area contributed by atoms with Crippen molar-refractivity contribution >= 4 is 32.7 Å². The second kappa shape index (κ2) is 30.9. The number of benzene rings is 1. The van der Waals surface area contributed by atoms with Crippen LogP contribution in [-0.4, -0.2) is 129 Å². The van der Waals surface area contributed by atoms with E-state index in [0.717, 1.165) is 77.0 Å². The lowest BCUT2D eigenvalue weighted by Crippen LogP contribution is -2.64. The van der Waals surface area contributed by atoms with Gasteiger partial charge < -0.3 is 47.4 Å². The van der Waals surface area contributed by atoms with Gasteiger partial charge in [-0.25, -0.2) is 0 Å². The van der Waals surface area contributed by atoms with Gasteiger partial charge in [-0.05, 0) is 50.7 Å². The van der Waals surface area contributed by atoms with Gasteiger partial charge in [-0.15, -0.1) is 0 Å². The van der Waals surface area contributed by atoms with Gasteiger partial charge in [0.25, 0.3) is 0 Å². The van der Waals surface area contributed by atoms with E-state index < -0.39 is 77.3 Å². The lowest BCUT2D eigenvalue weighted by molar-refractivity contribution is -0.332. The number of carbonyl (C=O) groups excluding carboxylic acids is 1. The highest BCUT2D eigenvalue weighted by Gasteiger charge is 2.53. The number of unbranched alkanes of at least 4 members (excludes halogenated alkanes) is 6. The van der Waals surface area contributed by atoms with Crippen LogP contribution in [0.1, 0.15) is 119 Å². The molecule has 2 aliphatic heterocycles. The number of halogens is 1. The number of hydrogen-bond donors (Lipinski definition) is 0. The zero-order valence-corrected chi connectivity index (χ0v) is 38.6. The van der Waals surface area contributed by atoms with Crippen LogP contribution < -0.4 is 0 Å². The molecule has 7 unspecified atom stereocenters. The third kappa shape index (κ3) is 17.0. The predicted octanol–water partition coefficient (Wildman–Crippen LogP) is 8.31. The van der Waals surface area contributed by atoms with Crippen molar-refractivity contribution in [3.8, 4) is 0 Å². The van der Waals surface area contributed by atoms with Gasteiger partial charge >= 0.3 is 5.97 Å². The van der Waals surface area contributed by atoms with Crippen LogP contribution in [0.25, 0.3) is 0 Å². The van der Waals surface area contributed by atoms with Gasteiger partial charge in [0.15, 0.2) is 11.7 Å². The van der Waals surface area contributed by atoms with E-state index in [2.05, 4.69) is 57.5 Å². The van der Waals surface area contributed by atoms with E-state index in [1.54, 1.807) is 0 Å². The molecule has 0 saturated carbocycles. The van der Waals surface area contributed by atoms with Crippen LogP contribution in [-0.2, 0) is 63.0 Å². The lowest BCUT2D eigenvalue weighted by atomic mass is 9.97. The zero-order chi connectivity index (χ0) is 42.0. The number of rotatable bonds is 32. The fraction of sp³-hybridized carbons (Fsp3) is 0.841. The molecule has 0 amide bonds. The van der Waals surface area contributed by atoms with Crippen molar-refractivity contribution in [2.75, 3.05) is 58.2 Å². The highest BCUT2D eigenvalue weighted by atomic mass is 79.9. The molecule has 14 heteroatoms. The summed E-state index contributed by atoms with van der Waals surface area (Å²) in [7, 11) is -1.61. The minimum Gasteiger partial charge on any atom is -0.462 e. The normalized spacial score (nSPS) is 28.1. The Bertz CT molecular complexity index is 1220. The number of hydrogen-bond acceptors (Lipinski definition) is 12. The third-order valence-corrected chi connectivity index (χ3v) is 12.2. The first kappa shape index (κ1) is 51.3. The monoisotopic (exact) mass is 906 g/mol. The minimum absolute atomic E-state index is 0.00382. The van der Waals surface area contributed by atoms with E-state index in [1.807, 2.05) is 30.3 Å². The SMILES string of the molecule is CCCCOC1C(OCCCC)[C@H](OCCCC)C(COC(=O)CBr)O[C@H]1OCC1O[C@@H](S(=O)c2ccccc2)C(OCCCC)C(OCCCC)[C@@H]1OCCCC. The van der Waals surface area contributed by atoms with Gasteiger partial charge in [0.1, 0.15) is 60.8 Å². The summed E-state index contributed by atoms with van der Waals surface area (Å²) in [6, 6.07) is 9.34. The number of carbonyl (C=O) groups is 1. The van der Waals surface area contributed by atoms with Crippen LogP contribution in [0.2, 0.25) is 0 Å². The van der Waals surface area contributed by atoms with E-state index >= 15 is 0 Å². The number of alkyl halides is 1. The summed E-state index contributed by atoms with van der Waals surface area (Å²) in [5, 5.41) is 0.0504. The maximum Gasteiger partial charge on any atom is 0.316 e. The van der Waals surface area contributed by atoms with Gasteiger partial charge in [-0.3, -0.25) is 9.00 Å². The maximum atomic E-state index is 14.5. The molecule has 1 aromatic rings. The quantitative estimate of drug-likeness (QED) is 0.0392. The molecule has 2 fully saturated rings. The zero-order valence-electron chi connectivity index (χ0n) is 36.2.